The first-order valence-corrected chi connectivity index (χ1v) is 7.51. The molecule has 2 amide bonds. The lowest BCUT2D eigenvalue weighted by Crippen LogP contribution is -2.45. The maximum atomic E-state index is 12.1. The summed E-state index contributed by atoms with van der Waals surface area (Å²) in [5, 5.41) is 11.0. The highest BCUT2D eigenvalue weighted by molar-refractivity contribution is 6.04. The van der Waals surface area contributed by atoms with Crippen LogP contribution in [0.25, 0.3) is 0 Å². The van der Waals surface area contributed by atoms with Crippen LogP contribution in [0.2, 0.25) is 0 Å². The number of carbonyl (C=O) groups is 4. The van der Waals surface area contributed by atoms with Crippen LogP contribution in [-0.4, -0.2) is 48.4 Å². The van der Waals surface area contributed by atoms with E-state index in [4.69, 9.17) is 9.84 Å². The number of ether oxygens (including phenoxy) is 1. The minimum absolute atomic E-state index is 0.0199. The van der Waals surface area contributed by atoms with Crippen molar-refractivity contribution in [3.8, 4) is 5.75 Å². The minimum atomic E-state index is -1.02. The number of hydrogen-bond acceptors (Lipinski definition) is 5. The van der Waals surface area contributed by atoms with E-state index in [2.05, 4.69) is 5.32 Å². The summed E-state index contributed by atoms with van der Waals surface area (Å²) in [4.78, 5) is 47.5. The number of rotatable bonds is 7. The molecule has 0 fully saturated rings. The third-order valence-electron chi connectivity index (χ3n) is 3.51. The zero-order chi connectivity index (χ0) is 17.7. The fraction of sp³-hybridized carbons (Fsp3) is 0.375. The Morgan fingerprint density at radius 3 is 2.75 bits per heavy atom. The molecule has 1 aliphatic heterocycles. The van der Waals surface area contributed by atoms with E-state index in [1.165, 1.54) is 11.0 Å². The maximum absolute atomic E-state index is 12.1. The molecule has 0 unspecified atom stereocenters. The van der Waals surface area contributed by atoms with Crippen molar-refractivity contribution in [1.29, 1.82) is 0 Å². The largest absolute Gasteiger partial charge is 0.482 e. The van der Waals surface area contributed by atoms with Crippen LogP contribution < -0.4 is 15.0 Å². The van der Waals surface area contributed by atoms with Gasteiger partial charge in [-0.1, -0.05) is 6.92 Å². The van der Waals surface area contributed by atoms with Crippen LogP contribution in [0, 0.1) is 0 Å². The molecule has 128 valence electrons. The van der Waals surface area contributed by atoms with Crippen LogP contribution in [0.3, 0.4) is 0 Å². The van der Waals surface area contributed by atoms with Crippen molar-refractivity contribution >= 4 is 29.3 Å². The molecule has 2 rings (SSSR count). The van der Waals surface area contributed by atoms with Gasteiger partial charge in [-0.3, -0.25) is 24.1 Å². The van der Waals surface area contributed by atoms with Gasteiger partial charge < -0.3 is 15.2 Å². The van der Waals surface area contributed by atoms with Gasteiger partial charge in [-0.15, -0.1) is 0 Å². The molecule has 0 spiro atoms. The van der Waals surface area contributed by atoms with E-state index in [9.17, 15) is 19.2 Å². The number of nitrogens with zero attached hydrogens (tertiary/aromatic N) is 1. The van der Waals surface area contributed by atoms with E-state index < -0.39 is 17.8 Å². The lowest BCUT2D eigenvalue weighted by atomic mass is 10.1. The highest BCUT2D eigenvalue weighted by Gasteiger charge is 2.28. The van der Waals surface area contributed by atoms with Crippen molar-refractivity contribution in [2.24, 2.45) is 0 Å². The van der Waals surface area contributed by atoms with Crippen LogP contribution in [-0.2, 0) is 14.4 Å². The summed E-state index contributed by atoms with van der Waals surface area (Å²) in [6.07, 6.45) is 0.123. The molecule has 1 aromatic carbocycles. The SMILES string of the molecule is CCC(=O)c1ccc2c(c1)N(CC(=O)NCCC(=O)O)C(=O)CO2. The van der Waals surface area contributed by atoms with E-state index in [0.29, 0.717) is 23.4 Å². The van der Waals surface area contributed by atoms with Crippen LogP contribution >= 0.6 is 0 Å². The third-order valence-corrected chi connectivity index (χ3v) is 3.51. The summed E-state index contributed by atoms with van der Waals surface area (Å²) < 4.78 is 5.32. The third kappa shape index (κ3) is 4.09. The van der Waals surface area contributed by atoms with Gasteiger partial charge in [0.15, 0.2) is 12.4 Å². The molecule has 0 saturated carbocycles. The number of nitrogens with one attached hydrogen (secondary N) is 1. The fourth-order valence-electron chi connectivity index (χ4n) is 2.26. The average Bonchev–Trinajstić information content (AvgIpc) is 2.56. The molecule has 0 aromatic heterocycles. The van der Waals surface area contributed by atoms with Gasteiger partial charge in [0, 0.05) is 18.5 Å². The Balaban J connectivity index is 2.15. The molecule has 1 aromatic rings. The lowest BCUT2D eigenvalue weighted by molar-refractivity contribution is -0.137. The Labute approximate surface area is 138 Å². The first-order chi connectivity index (χ1) is 11.4. The maximum Gasteiger partial charge on any atom is 0.305 e. The molecule has 0 bridgehead atoms. The van der Waals surface area contributed by atoms with E-state index in [-0.39, 0.29) is 31.9 Å². The molecule has 8 heteroatoms. The van der Waals surface area contributed by atoms with Gasteiger partial charge in [0.25, 0.3) is 5.91 Å². The van der Waals surface area contributed by atoms with Gasteiger partial charge in [0.1, 0.15) is 12.3 Å². The molecular formula is C16H18N2O6. The van der Waals surface area contributed by atoms with Crippen molar-refractivity contribution in [2.75, 3.05) is 24.6 Å². The molecular weight excluding hydrogens is 316 g/mol. The van der Waals surface area contributed by atoms with E-state index in [1.807, 2.05) is 0 Å². The van der Waals surface area contributed by atoms with Crippen molar-refractivity contribution in [3.05, 3.63) is 23.8 Å². The first kappa shape index (κ1) is 17.5. The van der Waals surface area contributed by atoms with Gasteiger partial charge in [-0.2, -0.15) is 0 Å². The van der Waals surface area contributed by atoms with E-state index in [0.717, 1.165) is 0 Å². The van der Waals surface area contributed by atoms with Crippen molar-refractivity contribution in [2.45, 2.75) is 19.8 Å². The van der Waals surface area contributed by atoms with Crippen molar-refractivity contribution < 1.29 is 29.0 Å². The number of benzene rings is 1. The molecule has 2 N–H and O–H groups in total. The predicted octanol–water partition coefficient (Wildman–Crippen LogP) is 0.596. The van der Waals surface area contributed by atoms with Crippen LogP contribution in [0.4, 0.5) is 5.69 Å². The zero-order valence-electron chi connectivity index (χ0n) is 13.2. The Morgan fingerprint density at radius 2 is 2.08 bits per heavy atom. The number of fused-ring (bicyclic) bond motifs is 1. The Hall–Kier alpha value is -2.90. The monoisotopic (exact) mass is 334 g/mol. The molecule has 0 radical (unpaired) electrons. The number of carbonyl (C=O) groups excluding carboxylic acids is 3. The fourth-order valence-corrected chi connectivity index (χ4v) is 2.26. The van der Waals surface area contributed by atoms with E-state index in [1.54, 1.807) is 19.1 Å². The van der Waals surface area contributed by atoms with Crippen LogP contribution in [0.15, 0.2) is 18.2 Å². The molecule has 0 aliphatic carbocycles. The zero-order valence-corrected chi connectivity index (χ0v) is 13.2. The minimum Gasteiger partial charge on any atom is -0.482 e. The van der Waals surface area contributed by atoms with Crippen molar-refractivity contribution in [1.82, 2.24) is 5.32 Å². The number of Topliss-reactive ketones (excluding diaryl/α,β-unsaturated/α-hetero) is 1. The second kappa shape index (κ2) is 7.58. The van der Waals surface area contributed by atoms with Crippen LogP contribution in [0.1, 0.15) is 30.1 Å². The molecule has 0 atom stereocenters. The number of carboxylic acid groups (broad SMARTS) is 1. The Bertz CT molecular complexity index is 685. The summed E-state index contributed by atoms with van der Waals surface area (Å²) in [7, 11) is 0. The van der Waals surface area contributed by atoms with Gasteiger partial charge in [0.05, 0.1) is 12.1 Å². The van der Waals surface area contributed by atoms with E-state index >= 15 is 0 Å². The predicted molar refractivity (Wildman–Crippen MR) is 84.2 cm³/mol. The Morgan fingerprint density at radius 1 is 1.33 bits per heavy atom. The summed E-state index contributed by atoms with van der Waals surface area (Å²) >= 11 is 0. The summed E-state index contributed by atoms with van der Waals surface area (Å²) in [6, 6.07) is 4.74. The summed E-state index contributed by atoms with van der Waals surface area (Å²) in [6.45, 7) is 1.25. The highest BCUT2D eigenvalue weighted by Crippen LogP contribution is 2.33. The first-order valence-electron chi connectivity index (χ1n) is 7.51. The van der Waals surface area contributed by atoms with Crippen molar-refractivity contribution in [3.63, 3.8) is 0 Å². The second-order valence-corrected chi connectivity index (χ2v) is 5.22. The number of aliphatic carboxylic acids is 1. The number of carboxylic acids is 1. The number of ketones is 1. The molecule has 8 nitrogen and oxygen atoms in total. The molecule has 24 heavy (non-hydrogen) atoms. The highest BCUT2D eigenvalue weighted by atomic mass is 16.5. The topological polar surface area (TPSA) is 113 Å². The second-order valence-electron chi connectivity index (χ2n) is 5.22. The van der Waals surface area contributed by atoms with Gasteiger partial charge in [-0.25, -0.2) is 0 Å². The summed E-state index contributed by atoms with van der Waals surface area (Å²) in [5.41, 5.74) is 0.796. The average molecular weight is 334 g/mol. The Kier molecular flexibility index (Phi) is 5.51. The quantitative estimate of drug-likeness (QED) is 0.706. The van der Waals surface area contributed by atoms with Crippen LogP contribution in [0.5, 0.6) is 5.75 Å². The molecule has 0 saturated heterocycles. The smallest absolute Gasteiger partial charge is 0.305 e. The number of amides is 2. The van der Waals surface area contributed by atoms with Gasteiger partial charge in [-0.05, 0) is 18.2 Å². The molecule has 1 aliphatic rings. The lowest BCUT2D eigenvalue weighted by Gasteiger charge is -2.29. The number of anilines is 1. The van der Waals surface area contributed by atoms with Gasteiger partial charge >= 0.3 is 5.97 Å². The summed E-state index contributed by atoms with van der Waals surface area (Å²) in [5.74, 6) is -1.57. The molecule has 1 heterocycles. The van der Waals surface area contributed by atoms with Gasteiger partial charge in [0.2, 0.25) is 5.91 Å². The number of hydrogen-bond donors (Lipinski definition) is 2. The standard InChI is InChI=1S/C16H18N2O6/c1-2-12(19)10-3-4-13-11(7-10)18(15(21)9-24-13)8-14(20)17-6-5-16(22)23/h3-4,7H,2,5-6,8-9H2,1H3,(H,17,20)(H,22,23). The normalized spacial score (nSPS) is 13.0.